The minimum absolute atomic E-state index is 0.0959. The van der Waals surface area contributed by atoms with Gasteiger partial charge in [-0.3, -0.25) is 0 Å². The normalized spacial score (nSPS) is 12.7. The van der Waals surface area contributed by atoms with Crippen molar-refractivity contribution in [1.82, 2.24) is 0 Å². The minimum atomic E-state index is 0.0959. The minimum Gasteiger partial charge on any atom is -0.493 e. The molecule has 1 aromatic rings. The van der Waals surface area contributed by atoms with Crippen LogP contribution in [0.1, 0.15) is 44.2 Å². The number of ether oxygens (including phenoxy) is 2. The lowest BCUT2D eigenvalue weighted by Crippen LogP contribution is -2.25. The van der Waals surface area contributed by atoms with Gasteiger partial charge >= 0.3 is 0 Å². The quantitative estimate of drug-likeness (QED) is 0.784. The second-order valence-corrected chi connectivity index (χ2v) is 5.13. The van der Waals surface area contributed by atoms with Crippen LogP contribution in [0.5, 0.6) is 5.75 Å². The Morgan fingerprint density at radius 2 is 2.00 bits per heavy atom. The molecule has 0 heterocycles. The van der Waals surface area contributed by atoms with Gasteiger partial charge in [-0.05, 0) is 37.0 Å². The fourth-order valence-electron chi connectivity index (χ4n) is 1.94. The third-order valence-corrected chi connectivity index (χ3v) is 3.24. The maximum Gasteiger partial charge on any atom is 0.122 e. The molecule has 0 fully saturated rings. The molecule has 1 atom stereocenters. The Morgan fingerprint density at radius 3 is 2.58 bits per heavy atom. The molecule has 108 valence electrons. The first-order valence-electron chi connectivity index (χ1n) is 7.13. The van der Waals surface area contributed by atoms with Crippen molar-refractivity contribution < 1.29 is 9.47 Å². The topological polar surface area (TPSA) is 44.5 Å². The van der Waals surface area contributed by atoms with Gasteiger partial charge in [0.15, 0.2) is 0 Å². The Bertz CT molecular complexity index is 377. The molecule has 1 rings (SSSR count). The molecule has 19 heavy (non-hydrogen) atoms. The van der Waals surface area contributed by atoms with E-state index in [-0.39, 0.29) is 6.10 Å². The van der Waals surface area contributed by atoms with Crippen LogP contribution in [0.4, 0.5) is 0 Å². The maximum atomic E-state index is 5.87. The van der Waals surface area contributed by atoms with Gasteiger partial charge in [-0.1, -0.05) is 26.0 Å². The Morgan fingerprint density at radius 1 is 1.26 bits per heavy atom. The number of benzene rings is 1. The molecule has 0 aliphatic rings. The largest absolute Gasteiger partial charge is 0.493 e. The van der Waals surface area contributed by atoms with E-state index in [9.17, 15) is 0 Å². The summed E-state index contributed by atoms with van der Waals surface area (Å²) in [5, 5.41) is 0. The number of aryl methyl sites for hydroxylation is 1. The molecule has 3 nitrogen and oxygen atoms in total. The van der Waals surface area contributed by atoms with Crippen LogP contribution in [-0.2, 0) is 4.74 Å². The van der Waals surface area contributed by atoms with Crippen LogP contribution in [0.15, 0.2) is 18.2 Å². The molecule has 0 aliphatic heterocycles. The number of hydrogen-bond donors (Lipinski definition) is 1. The lowest BCUT2D eigenvalue weighted by Gasteiger charge is -2.17. The second kappa shape index (κ2) is 8.18. The molecular formula is C16H27NO2. The highest BCUT2D eigenvalue weighted by Crippen LogP contribution is 2.24. The molecule has 0 radical (unpaired) electrons. The van der Waals surface area contributed by atoms with E-state index in [1.165, 1.54) is 11.1 Å². The van der Waals surface area contributed by atoms with Crippen LogP contribution in [-0.4, -0.2) is 25.9 Å². The molecule has 1 aromatic carbocycles. The van der Waals surface area contributed by atoms with Crippen molar-refractivity contribution in [3.8, 4) is 5.75 Å². The summed E-state index contributed by atoms with van der Waals surface area (Å²) in [6, 6.07) is 6.42. The molecule has 0 saturated carbocycles. The number of rotatable bonds is 8. The predicted octanol–water partition coefficient (Wildman–Crippen LogP) is 3.25. The van der Waals surface area contributed by atoms with Crippen molar-refractivity contribution in [2.45, 2.75) is 46.1 Å². The molecule has 0 aromatic heterocycles. The first kappa shape index (κ1) is 16.0. The molecular weight excluding hydrogens is 238 g/mol. The van der Waals surface area contributed by atoms with E-state index in [1.807, 2.05) is 6.92 Å². The van der Waals surface area contributed by atoms with Gasteiger partial charge in [0.2, 0.25) is 0 Å². The van der Waals surface area contributed by atoms with Crippen molar-refractivity contribution in [2.24, 2.45) is 5.73 Å². The second-order valence-electron chi connectivity index (χ2n) is 5.13. The van der Waals surface area contributed by atoms with E-state index >= 15 is 0 Å². The summed E-state index contributed by atoms with van der Waals surface area (Å²) in [6.45, 7) is 10.3. The lowest BCUT2D eigenvalue weighted by molar-refractivity contribution is 0.0526. The van der Waals surface area contributed by atoms with Crippen LogP contribution >= 0.6 is 0 Å². The Labute approximate surface area is 117 Å². The summed E-state index contributed by atoms with van der Waals surface area (Å²) in [5.74, 6) is 1.49. The van der Waals surface area contributed by atoms with Gasteiger partial charge in [0.05, 0.1) is 12.7 Å². The summed E-state index contributed by atoms with van der Waals surface area (Å²) in [5.41, 5.74) is 8.13. The van der Waals surface area contributed by atoms with Crippen LogP contribution < -0.4 is 10.5 Å². The highest BCUT2D eigenvalue weighted by molar-refractivity contribution is 5.37. The van der Waals surface area contributed by atoms with Gasteiger partial charge in [0.25, 0.3) is 0 Å². The third-order valence-electron chi connectivity index (χ3n) is 3.24. The van der Waals surface area contributed by atoms with Crippen LogP contribution in [0.25, 0.3) is 0 Å². The van der Waals surface area contributed by atoms with Crippen molar-refractivity contribution in [1.29, 1.82) is 0 Å². The van der Waals surface area contributed by atoms with E-state index in [0.717, 1.165) is 12.2 Å². The molecule has 1 unspecified atom stereocenters. The zero-order valence-corrected chi connectivity index (χ0v) is 12.6. The average Bonchev–Trinajstić information content (AvgIpc) is 2.39. The smallest absolute Gasteiger partial charge is 0.122 e. The predicted molar refractivity (Wildman–Crippen MR) is 79.8 cm³/mol. The van der Waals surface area contributed by atoms with Crippen LogP contribution in [0.3, 0.4) is 0 Å². The molecule has 0 spiro atoms. The van der Waals surface area contributed by atoms with Gasteiger partial charge in [0, 0.05) is 19.6 Å². The molecule has 3 heteroatoms. The fraction of sp³-hybridized carbons (Fsp3) is 0.625. The van der Waals surface area contributed by atoms with Crippen molar-refractivity contribution >= 4 is 0 Å². The van der Waals surface area contributed by atoms with E-state index in [2.05, 4.69) is 39.0 Å². The molecule has 0 amide bonds. The Hall–Kier alpha value is -1.06. The van der Waals surface area contributed by atoms with Crippen molar-refractivity contribution in [3.05, 3.63) is 29.3 Å². The zero-order chi connectivity index (χ0) is 14.3. The molecule has 0 saturated heterocycles. The number of hydrogen-bond acceptors (Lipinski definition) is 3. The number of nitrogens with two attached hydrogens (primary N) is 1. The SMILES string of the molecule is CCOC(CN)CCOc1cc(C(C)C)ccc1C. The summed E-state index contributed by atoms with van der Waals surface area (Å²) in [6.07, 6.45) is 0.925. The zero-order valence-electron chi connectivity index (χ0n) is 12.6. The Kier molecular flexibility index (Phi) is 6.89. The van der Waals surface area contributed by atoms with E-state index < -0.39 is 0 Å². The van der Waals surface area contributed by atoms with Gasteiger partial charge in [-0.25, -0.2) is 0 Å². The highest BCUT2D eigenvalue weighted by atomic mass is 16.5. The molecule has 0 aliphatic carbocycles. The van der Waals surface area contributed by atoms with Gasteiger partial charge in [0.1, 0.15) is 5.75 Å². The summed E-state index contributed by atoms with van der Waals surface area (Å²) in [7, 11) is 0. The van der Waals surface area contributed by atoms with E-state index in [4.69, 9.17) is 15.2 Å². The summed E-state index contributed by atoms with van der Waals surface area (Å²) < 4.78 is 11.4. The van der Waals surface area contributed by atoms with Crippen LogP contribution in [0, 0.1) is 6.92 Å². The van der Waals surface area contributed by atoms with Crippen LogP contribution in [0.2, 0.25) is 0 Å². The fourth-order valence-corrected chi connectivity index (χ4v) is 1.94. The van der Waals surface area contributed by atoms with Gasteiger partial charge in [-0.15, -0.1) is 0 Å². The van der Waals surface area contributed by atoms with Crippen molar-refractivity contribution in [2.75, 3.05) is 19.8 Å². The Balaban J connectivity index is 2.54. The first-order chi connectivity index (χ1) is 9.08. The maximum absolute atomic E-state index is 5.87. The monoisotopic (exact) mass is 265 g/mol. The first-order valence-corrected chi connectivity index (χ1v) is 7.13. The van der Waals surface area contributed by atoms with E-state index in [0.29, 0.717) is 25.7 Å². The standard InChI is InChI=1S/C16H27NO2/c1-5-18-15(11-17)8-9-19-16-10-14(12(2)3)7-6-13(16)4/h6-7,10,12,15H,5,8-9,11,17H2,1-4H3. The average molecular weight is 265 g/mol. The van der Waals surface area contributed by atoms with Gasteiger partial charge < -0.3 is 15.2 Å². The van der Waals surface area contributed by atoms with Gasteiger partial charge in [-0.2, -0.15) is 0 Å². The lowest BCUT2D eigenvalue weighted by atomic mass is 10.0. The summed E-state index contributed by atoms with van der Waals surface area (Å²) >= 11 is 0. The van der Waals surface area contributed by atoms with Crippen molar-refractivity contribution in [3.63, 3.8) is 0 Å². The third kappa shape index (κ3) is 5.21. The van der Waals surface area contributed by atoms with E-state index in [1.54, 1.807) is 0 Å². The summed E-state index contributed by atoms with van der Waals surface area (Å²) in [4.78, 5) is 0. The highest BCUT2D eigenvalue weighted by Gasteiger charge is 2.08. The molecule has 0 bridgehead atoms. The molecule has 2 N–H and O–H groups in total.